The molecule has 1 aliphatic rings. The molecule has 0 aromatic heterocycles. The van der Waals surface area contributed by atoms with Crippen LogP contribution in [0.3, 0.4) is 0 Å². The molecular weight excluding hydrogens is 302 g/mol. The van der Waals surface area contributed by atoms with Crippen molar-refractivity contribution in [3.05, 3.63) is 24.3 Å². The molecule has 1 atom stereocenters. The fraction of sp³-hybridized carbons (Fsp3) is 0.579. The molecule has 1 aliphatic heterocycles. The molecule has 1 unspecified atom stereocenters. The van der Waals surface area contributed by atoms with Crippen LogP contribution in [0.5, 0.6) is 0 Å². The summed E-state index contributed by atoms with van der Waals surface area (Å²) in [6.45, 7) is 8.17. The second-order valence-electron chi connectivity index (χ2n) is 6.51. The predicted octanol–water partition coefficient (Wildman–Crippen LogP) is 2.94. The molecule has 1 aromatic rings. The first-order valence-corrected chi connectivity index (χ1v) is 8.93. The topological polar surface area (TPSA) is 52.7 Å². The Morgan fingerprint density at radius 2 is 1.83 bits per heavy atom. The van der Waals surface area contributed by atoms with Crippen molar-refractivity contribution < 1.29 is 9.59 Å². The van der Waals surface area contributed by atoms with Gasteiger partial charge in [0.2, 0.25) is 11.8 Å². The summed E-state index contributed by atoms with van der Waals surface area (Å²) in [5.41, 5.74) is 2.05. The minimum atomic E-state index is -0.0414. The summed E-state index contributed by atoms with van der Waals surface area (Å²) < 4.78 is 0. The standard InChI is InChI=1S/C19H29N3O2/c1-4-15(2)20-19(24)11-14-22(16(3)23)18-9-7-17(8-10-18)21-12-5-6-13-21/h7-10,15H,4-6,11-14H2,1-3H3,(H,20,24). The van der Waals surface area contributed by atoms with Crippen molar-refractivity contribution in [3.63, 3.8) is 0 Å². The van der Waals surface area contributed by atoms with Gasteiger partial charge >= 0.3 is 0 Å². The zero-order chi connectivity index (χ0) is 17.5. The van der Waals surface area contributed by atoms with Crippen LogP contribution in [0, 0.1) is 0 Å². The van der Waals surface area contributed by atoms with Gasteiger partial charge in [0.15, 0.2) is 0 Å². The Hall–Kier alpha value is -2.04. The molecule has 1 N–H and O–H groups in total. The first-order valence-electron chi connectivity index (χ1n) is 8.93. The van der Waals surface area contributed by atoms with Crippen LogP contribution >= 0.6 is 0 Å². The quantitative estimate of drug-likeness (QED) is 0.836. The Balaban J connectivity index is 1.96. The van der Waals surface area contributed by atoms with Crippen LogP contribution in [0.2, 0.25) is 0 Å². The Kier molecular flexibility index (Phi) is 6.64. The molecule has 1 saturated heterocycles. The highest BCUT2D eigenvalue weighted by Gasteiger charge is 2.16. The van der Waals surface area contributed by atoms with Crippen molar-refractivity contribution in [3.8, 4) is 0 Å². The van der Waals surface area contributed by atoms with Crippen LogP contribution in [0.15, 0.2) is 24.3 Å². The number of rotatable bonds is 7. The van der Waals surface area contributed by atoms with Crippen molar-refractivity contribution in [2.24, 2.45) is 0 Å². The Morgan fingerprint density at radius 1 is 1.21 bits per heavy atom. The third-order valence-electron chi connectivity index (χ3n) is 4.59. The molecule has 5 heteroatoms. The van der Waals surface area contributed by atoms with E-state index in [1.165, 1.54) is 18.5 Å². The van der Waals surface area contributed by atoms with Gasteiger partial charge < -0.3 is 15.1 Å². The van der Waals surface area contributed by atoms with E-state index in [4.69, 9.17) is 0 Å². The number of amides is 2. The predicted molar refractivity (Wildman–Crippen MR) is 98.4 cm³/mol. The molecule has 1 fully saturated rings. The van der Waals surface area contributed by atoms with Gasteiger partial charge in [-0.15, -0.1) is 0 Å². The summed E-state index contributed by atoms with van der Waals surface area (Å²) in [4.78, 5) is 27.9. The van der Waals surface area contributed by atoms with E-state index in [9.17, 15) is 9.59 Å². The summed E-state index contributed by atoms with van der Waals surface area (Å²) in [5, 5.41) is 2.94. The van der Waals surface area contributed by atoms with Crippen LogP contribution in [-0.4, -0.2) is 37.5 Å². The van der Waals surface area contributed by atoms with E-state index in [0.29, 0.717) is 13.0 Å². The average molecular weight is 331 g/mol. The molecule has 1 heterocycles. The SMILES string of the molecule is CCC(C)NC(=O)CCN(C(C)=O)c1ccc(N2CCCC2)cc1. The lowest BCUT2D eigenvalue weighted by molar-refractivity contribution is -0.121. The Labute approximate surface area is 145 Å². The summed E-state index contributed by atoms with van der Waals surface area (Å²) in [5.74, 6) is -0.0513. The second kappa shape index (κ2) is 8.71. The number of benzene rings is 1. The highest BCUT2D eigenvalue weighted by molar-refractivity contribution is 5.92. The monoisotopic (exact) mass is 331 g/mol. The lowest BCUT2D eigenvalue weighted by atomic mass is 10.2. The van der Waals surface area contributed by atoms with E-state index in [2.05, 4.69) is 22.3 Å². The van der Waals surface area contributed by atoms with Crippen molar-refractivity contribution in [2.45, 2.75) is 52.5 Å². The van der Waals surface area contributed by atoms with Gasteiger partial charge in [-0.05, 0) is 50.5 Å². The maximum atomic E-state index is 12.0. The minimum Gasteiger partial charge on any atom is -0.372 e. The lowest BCUT2D eigenvalue weighted by Crippen LogP contribution is -2.36. The van der Waals surface area contributed by atoms with Gasteiger partial charge in [0.1, 0.15) is 0 Å². The fourth-order valence-corrected chi connectivity index (χ4v) is 2.95. The maximum absolute atomic E-state index is 12.0. The zero-order valence-corrected chi connectivity index (χ0v) is 15.0. The summed E-state index contributed by atoms with van der Waals surface area (Å²) >= 11 is 0. The van der Waals surface area contributed by atoms with E-state index in [-0.39, 0.29) is 17.9 Å². The highest BCUT2D eigenvalue weighted by Crippen LogP contribution is 2.24. The normalized spacial score (nSPS) is 15.2. The molecule has 0 radical (unpaired) electrons. The maximum Gasteiger partial charge on any atom is 0.223 e. The summed E-state index contributed by atoms with van der Waals surface area (Å²) in [7, 11) is 0. The highest BCUT2D eigenvalue weighted by atomic mass is 16.2. The van der Waals surface area contributed by atoms with Crippen molar-refractivity contribution in [2.75, 3.05) is 29.4 Å². The number of carbonyl (C=O) groups excluding carboxylic acids is 2. The van der Waals surface area contributed by atoms with Crippen molar-refractivity contribution >= 4 is 23.2 Å². The van der Waals surface area contributed by atoms with Crippen LogP contribution in [0.25, 0.3) is 0 Å². The largest absolute Gasteiger partial charge is 0.372 e. The number of anilines is 2. The number of hydrogen-bond acceptors (Lipinski definition) is 3. The Bertz CT molecular complexity index is 550. The molecule has 2 amide bonds. The first-order chi connectivity index (χ1) is 11.5. The summed E-state index contributed by atoms with van der Waals surface area (Å²) in [6, 6.07) is 8.25. The molecule has 1 aromatic carbocycles. The third kappa shape index (κ3) is 4.98. The minimum absolute atomic E-state index is 0.00992. The van der Waals surface area contributed by atoms with E-state index >= 15 is 0 Å². The molecule has 24 heavy (non-hydrogen) atoms. The van der Waals surface area contributed by atoms with Crippen LogP contribution in [-0.2, 0) is 9.59 Å². The fourth-order valence-electron chi connectivity index (χ4n) is 2.95. The molecule has 0 saturated carbocycles. The van der Waals surface area contributed by atoms with Gasteiger partial charge in [-0.2, -0.15) is 0 Å². The molecular formula is C19H29N3O2. The van der Waals surface area contributed by atoms with Crippen molar-refractivity contribution in [1.82, 2.24) is 5.32 Å². The van der Waals surface area contributed by atoms with Crippen molar-refractivity contribution in [1.29, 1.82) is 0 Å². The second-order valence-corrected chi connectivity index (χ2v) is 6.51. The van der Waals surface area contributed by atoms with Gasteiger partial charge in [-0.25, -0.2) is 0 Å². The lowest BCUT2D eigenvalue weighted by Gasteiger charge is -2.23. The van der Waals surface area contributed by atoms with Gasteiger partial charge in [-0.1, -0.05) is 6.92 Å². The average Bonchev–Trinajstić information content (AvgIpc) is 3.09. The van der Waals surface area contributed by atoms with E-state index in [1.54, 1.807) is 11.8 Å². The number of nitrogens with zero attached hydrogens (tertiary/aromatic N) is 2. The van der Waals surface area contributed by atoms with Crippen LogP contribution < -0.4 is 15.1 Å². The summed E-state index contributed by atoms with van der Waals surface area (Å²) in [6.07, 6.45) is 3.71. The van der Waals surface area contributed by atoms with Gasteiger partial charge in [-0.3, -0.25) is 9.59 Å². The van der Waals surface area contributed by atoms with Gasteiger partial charge in [0.05, 0.1) is 0 Å². The zero-order valence-electron chi connectivity index (χ0n) is 15.0. The Morgan fingerprint density at radius 3 is 2.38 bits per heavy atom. The van der Waals surface area contributed by atoms with Crippen LogP contribution in [0.4, 0.5) is 11.4 Å². The van der Waals surface area contributed by atoms with E-state index in [1.807, 2.05) is 26.0 Å². The molecule has 5 nitrogen and oxygen atoms in total. The van der Waals surface area contributed by atoms with Crippen LogP contribution in [0.1, 0.15) is 46.5 Å². The van der Waals surface area contributed by atoms with E-state index in [0.717, 1.165) is 25.2 Å². The number of hydrogen-bond donors (Lipinski definition) is 1. The molecule has 0 bridgehead atoms. The van der Waals surface area contributed by atoms with Gasteiger partial charge in [0.25, 0.3) is 0 Å². The smallest absolute Gasteiger partial charge is 0.223 e. The first kappa shape index (κ1) is 18.3. The molecule has 0 spiro atoms. The molecule has 2 rings (SSSR count). The van der Waals surface area contributed by atoms with Gasteiger partial charge in [0, 0.05) is 50.4 Å². The number of carbonyl (C=O) groups is 2. The molecule has 132 valence electrons. The third-order valence-corrected chi connectivity index (χ3v) is 4.59. The molecule has 0 aliphatic carbocycles. The van der Waals surface area contributed by atoms with E-state index < -0.39 is 0 Å². The number of nitrogens with one attached hydrogen (secondary N) is 1.